The third-order valence-electron chi connectivity index (χ3n) is 5.41. The minimum absolute atomic E-state index is 0.0965. The second kappa shape index (κ2) is 7.62. The van der Waals surface area contributed by atoms with Crippen LogP contribution < -0.4 is 4.90 Å². The van der Waals surface area contributed by atoms with E-state index in [9.17, 15) is 14.4 Å². The van der Waals surface area contributed by atoms with Gasteiger partial charge in [0.05, 0.1) is 12.0 Å². The summed E-state index contributed by atoms with van der Waals surface area (Å²) in [6.45, 7) is 9.48. The van der Waals surface area contributed by atoms with Crippen molar-refractivity contribution in [1.82, 2.24) is 4.90 Å². The molecule has 1 aromatic carbocycles. The zero-order valence-corrected chi connectivity index (χ0v) is 17.8. The number of imide groups is 1. The summed E-state index contributed by atoms with van der Waals surface area (Å²) in [7, 11) is 1.23. The number of nitrogens with zero attached hydrogens (tertiary/aromatic N) is 2. The number of benzene rings is 1. The minimum atomic E-state index is -0.617. The van der Waals surface area contributed by atoms with Crippen LogP contribution >= 0.6 is 11.8 Å². The second-order valence-electron chi connectivity index (χ2n) is 7.82. The summed E-state index contributed by atoms with van der Waals surface area (Å²) in [6.07, 6.45) is 2.78. The van der Waals surface area contributed by atoms with Crippen LogP contribution in [0, 0.1) is 0 Å². The molecule has 2 aliphatic rings. The number of ether oxygens (including phenoxy) is 1. The van der Waals surface area contributed by atoms with Gasteiger partial charge in [-0.2, -0.15) is 0 Å². The zero-order chi connectivity index (χ0) is 20.6. The van der Waals surface area contributed by atoms with Gasteiger partial charge in [0.25, 0.3) is 11.1 Å². The van der Waals surface area contributed by atoms with Crippen LogP contribution in [0.1, 0.15) is 51.2 Å². The SMILES string of the molecule is CCN1c2ccc(/C=C3/SC(=O)N(CC(=O)OC)C3=O)cc2C(C)CC1(C)C. The van der Waals surface area contributed by atoms with Crippen molar-refractivity contribution in [2.24, 2.45) is 0 Å². The van der Waals surface area contributed by atoms with Crippen molar-refractivity contribution in [3.8, 4) is 0 Å². The molecule has 150 valence electrons. The first-order valence-corrected chi connectivity index (χ1v) is 10.2. The molecule has 2 aliphatic heterocycles. The fourth-order valence-corrected chi connectivity index (χ4v) is 5.02. The molecule has 1 fully saturated rings. The van der Waals surface area contributed by atoms with E-state index in [0.29, 0.717) is 10.8 Å². The highest BCUT2D eigenvalue weighted by Crippen LogP contribution is 2.44. The first-order chi connectivity index (χ1) is 13.2. The summed E-state index contributed by atoms with van der Waals surface area (Å²) in [5, 5.41) is -0.452. The summed E-state index contributed by atoms with van der Waals surface area (Å²) in [5.41, 5.74) is 3.45. The van der Waals surface area contributed by atoms with E-state index in [4.69, 9.17) is 0 Å². The van der Waals surface area contributed by atoms with E-state index in [2.05, 4.69) is 49.5 Å². The summed E-state index contributed by atoms with van der Waals surface area (Å²) in [5.74, 6) is -0.675. The molecule has 0 aliphatic carbocycles. The van der Waals surface area contributed by atoms with E-state index in [-0.39, 0.29) is 12.1 Å². The molecular weight excluding hydrogens is 376 g/mol. The Bertz CT molecular complexity index is 862. The van der Waals surface area contributed by atoms with Gasteiger partial charge in [-0.25, -0.2) is 0 Å². The molecule has 0 N–H and O–H groups in total. The molecule has 0 radical (unpaired) electrons. The van der Waals surface area contributed by atoms with E-state index >= 15 is 0 Å². The number of rotatable bonds is 4. The van der Waals surface area contributed by atoms with E-state index in [1.165, 1.54) is 18.4 Å². The van der Waals surface area contributed by atoms with Crippen molar-refractivity contribution < 1.29 is 19.1 Å². The number of carbonyl (C=O) groups is 3. The van der Waals surface area contributed by atoms with Crippen molar-refractivity contribution in [1.29, 1.82) is 0 Å². The Morgan fingerprint density at radius 1 is 1.36 bits per heavy atom. The normalized spacial score (nSPS) is 22.6. The zero-order valence-electron chi connectivity index (χ0n) is 16.9. The lowest BCUT2D eigenvalue weighted by atomic mass is 9.79. The van der Waals surface area contributed by atoms with Crippen LogP contribution in [0.3, 0.4) is 0 Å². The Morgan fingerprint density at radius 2 is 2.07 bits per heavy atom. The van der Waals surface area contributed by atoms with Gasteiger partial charge in [-0.3, -0.25) is 19.3 Å². The van der Waals surface area contributed by atoms with Crippen LogP contribution in [-0.2, 0) is 14.3 Å². The predicted octanol–water partition coefficient (Wildman–Crippen LogP) is 4.01. The third-order valence-corrected chi connectivity index (χ3v) is 6.32. The van der Waals surface area contributed by atoms with Crippen LogP contribution in [0.5, 0.6) is 0 Å². The Morgan fingerprint density at radius 3 is 2.71 bits per heavy atom. The van der Waals surface area contributed by atoms with Crippen molar-refractivity contribution >= 4 is 40.6 Å². The van der Waals surface area contributed by atoms with Crippen LogP contribution in [0.4, 0.5) is 10.5 Å². The standard InChI is InChI=1S/C21H26N2O4S/c1-6-23-16-8-7-14(9-15(16)13(2)11-21(23,3)4)10-17-19(25)22(20(26)28-17)12-18(24)27-5/h7-10,13H,6,11-12H2,1-5H3/b17-10+. The van der Waals surface area contributed by atoms with Crippen molar-refractivity contribution in [3.63, 3.8) is 0 Å². The maximum absolute atomic E-state index is 12.5. The lowest BCUT2D eigenvalue weighted by Gasteiger charge is -2.47. The largest absolute Gasteiger partial charge is 0.468 e. The minimum Gasteiger partial charge on any atom is -0.468 e. The fourth-order valence-electron chi connectivity index (χ4n) is 4.18. The number of methoxy groups -OCH3 is 1. The summed E-state index contributed by atoms with van der Waals surface area (Å²) in [4.78, 5) is 39.7. The van der Waals surface area contributed by atoms with Crippen LogP contribution in [0.2, 0.25) is 0 Å². The quantitative estimate of drug-likeness (QED) is 0.560. The summed E-state index contributed by atoms with van der Waals surface area (Å²) >= 11 is 0.852. The highest BCUT2D eigenvalue weighted by Gasteiger charge is 2.37. The number of anilines is 1. The van der Waals surface area contributed by atoms with Gasteiger partial charge in [-0.1, -0.05) is 13.0 Å². The van der Waals surface area contributed by atoms with Gasteiger partial charge in [0.1, 0.15) is 6.54 Å². The number of hydrogen-bond acceptors (Lipinski definition) is 6. The van der Waals surface area contributed by atoms with Crippen LogP contribution in [0.15, 0.2) is 23.1 Å². The molecule has 7 heteroatoms. The predicted molar refractivity (Wildman–Crippen MR) is 111 cm³/mol. The molecule has 28 heavy (non-hydrogen) atoms. The number of amides is 2. The van der Waals surface area contributed by atoms with Gasteiger partial charge >= 0.3 is 5.97 Å². The molecule has 0 bridgehead atoms. The Kier molecular flexibility index (Phi) is 5.57. The van der Waals surface area contributed by atoms with E-state index < -0.39 is 17.1 Å². The highest BCUT2D eigenvalue weighted by atomic mass is 32.2. The van der Waals surface area contributed by atoms with Gasteiger partial charge in [-0.05, 0) is 74.2 Å². The van der Waals surface area contributed by atoms with E-state index in [1.807, 2.05) is 6.07 Å². The van der Waals surface area contributed by atoms with Gasteiger partial charge in [0.2, 0.25) is 0 Å². The maximum Gasteiger partial charge on any atom is 0.325 e. The molecule has 1 unspecified atom stereocenters. The van der Waals surface area contributed by atoms with E-state index in [0.717, 1.165) is 35.2 Å². The molecule has 3 rings (SSSR count). The topological polar surface area (TPSA) is 66.9 Å². The number of hydrogen-bond donors (Lipinski definition) is 0. The average molecular weight is 403 g/mol. The lowest BCUT2D eigenvalue weighted by Crippen LogP contribution is -2.48. The Balaban J connectivity index is 1.90. The highest BCUT2D eigenvalue weighted by molar-refractivity contribution is 8.18. The molecule has 1 aromatic rings. The first-order valence-electron chi connectivity index (χ1n) is 9.41. The average Bonchev–Trinajstić information content (AvgIpc) is 2.89. The van der Waals surface area contributed by atoms with Crippen LogP contribution in [-0.4, -0.2) is 47.8 Å². The molecule has 0 aromatic heterocycles. The van der Waals surface area contributed by atoms with Gasteiger partial charge < -0.3 is 9.64 Å². The molecule has 6 nitrogen and oxygen atoms in total. The van der Waals surface area contributed by atoms with Gasteiger partial charge in [0.15, 0.2) is 0 Å². The molecule has 1 atom stereocenters. The lowest BCUT2D eigenvalue weighted by molar-refractivity contribution is -0.143. The maximum atomic E-state index is 12.5. The molecule has 2 amide bonds. The van der Waals surface area contributed by atoms with Gasteiger partial charge in [0, 0.05) is 17.8 Å². The molecule has 0 saturated carbocycles. The number of thioether (sulfide) groups is 1. The summed E-state index contributed by atoms with van der Waals surface area (Å²) in [6, 6.07) is 6.18. The Labute approximate surface area is 169 Å². The Hall–Kier alpha value is -2.28. The van der Waals surface area contributed by atoms with Crippen molar-refractivity contribution in [2.75, 3.05) is 25.1 Å². The van der Waals surface area contributed by atoms with Gasteiger partial charge in [-0.15, -0.1) is 0 Å². The first kappa shape index (κ1) is 20.5. The third kappa shape index (κ3) is 3.68. The molecule has 1 saturated heterocycles. The number of esters is 1. The molecular formula is C21H26N2O4S. The smallest absolute Gasteiger partial charge is 0.325 e. The van der Waals surface area contributed by atoms with Crippen molar-refractivity contribution in [2.45, 2.75) is 45.6 Å². The van der Waals surface area contributed by atoms with Crippen molar-refractivity contribution in [3.05, 3.63) is 34.2 Å². The monoisotopic (exact) mass is 402 g/mol. The fraction of sp³-hybridized carbons (Fsp3) is 0.476. The second-order valence-corrected chi connectivity index (χ2v) is 8.82. The number of carbonyl (C=O) groups excluding carboxylic acids is 3. The van der Waals surface area contributed by atoms with Crippen LogP contribution in [0.25, 0.3) is 6.08 Å². The number of fused-ring (bicyclic) bond motifs is 1. The summed E-state index contributed by atoms with van der Waals surface area (Å²) < 4.78 is 4.56. The molecule has 0 spiro atoms. The molecule has 2 heterocycles. The van der Waals surface area contributed by atoms with E-state index in [1.54, 1.807) is 6.08 Å².